The molecule has 1 aromatic rings. The van der Waals surface area contributed by atoms with Crippen LogP contribution >= 0.6 is 15.9 Å². The molecule has 0 heterocycles. The Morgan fingerprint density at radius 1 is 1.37 bits per heavy atom. The van der Waals surface area contributed by atoms with Crippen molar-refractivity contribution in [2.45, 2.75) is 52.0 Å². The Hall–Kier alpha value is -0.540. The lowest BCUT2D eigenvalue weighted by atomic mass is 9.86. The number of halogens is 1. The van der Waals surface area contributed by atoms with Crippen molar-refractivity contribution >= 4 is 15.9 Å². The fourth-order valence-corrected chi connectivity index (χ4v) is 4.06. The number of hydrogen-bond acceptors (Lipinski definition) is 2. The quantitative estimate of drug-likeness (QED) is 0.856. The normalized spacial score (nSPS) is 20.4. The highest BCUT2D eigenvalue weighted by Crippen LogP contribution is 2.49. The Bertz CT molecular complexity index is 456. The first-order valence-corrected chi connectivity index (χ1v) is 7.99. The molecular weight excluding hydrogens is 302 g/mol. The van der Waals surface area contributed by atoms with Crippen LogP contribution in [-0.2, 0) is 5.41 Å². The van der Waals surface area contributed by atoms with Crippen LogP contribution in [-0.4, -0.2) is 13.2 Å². The number of benzene rings is 1. The van der Waals surface area contributed by atoms with E-state index in [4.69, 9.17) is 4.74 Å². The minimum Gasteiger partial charge on any atom is -0.494 e. The zero-order chi connectivity index (χ0) is 14.0. The molecule has 0 aliphatic heterocycles. The highest BCUT2D eigenvalue weighted by molar-refractivity contribution is 9.10. The van der Waals surface area contributed by atoms with Crippen molar-refractivity contribution in [2.75, 3.05) is 13.2 Å². The van der Waals surface area contributed by atoms with Gasteiger partial charge in [0.2, 0.25) is 0 Å². The highest BCUT2D eigenvalue weighted by Gasteiger charge is 2.38. The summed E-state index contributed by atoms with van der Waals surface area (Å²) in [4.78, 5) is 0. The third-order valence-corrected chi connectivity index (χ3v) is 4.44. The van der Waals surface area contributed by atoms with Crippen molar-refractivity contribution in [2.24, 2.45) is 0 Å². The summed E-state index contributed by atoms with van der Waals surface area (Å²) in [6, 6.07) is 4.76. The van der Waals surface area contributed by atoms with Gasteiger partial charge in [-0.3, -0.25) is 0 Å². The predicted molar refractivity (Wildman–Crippen MR) is 84.0 cm³/mol. The van der Waals surface area contributed by atoms with Crippen molar-refractivity contribution in [1.29, 1.82) is 0 Å². The molecule has 0 saturated carbocycles. The van der Waals surface area contributed by atoms with Crippen LogP contribution in [0, 0.1) is 0 Å². The van der Waals surface area contributed by atoms with Gasteiger partial charge >= 0.3 is 0 Å². The fourth-order valence-electron chi connectivity index (χ4n) is 3.06. The molecule has 106 valence electrons. The van der Waals surface area contributed by atoms with E-state index in [1.807, 2.05) is 6.92 Å². The molecule has 0 fully saturated rings. The van der Waals surface area contributed by atoms with Gasteiger partial charge in [0.1, 0.15) is 5.75 Å². The molecule has 2 rings (SSSR count). The van der Waals surface area contributed by atoms with Crippen molar-refractivity contribution < 1.29 is 4.74 Å². The Balaban J connectivity index is 2.40. The summed E-state index contributed by atoms with van der Waals surface area (Å²) < 4.78 is 6.86. The van der Waals surface area contributed by atoms with Gasteiger partial charge in [-0.2, -0.15) is 0 Å². The summed E-state index contributed by atoms with van der Waals surface area (Å²) in [7, 11) is 0. The van der Waals surface area contributed by atoms with Crippen LogP contribution < -0.4 is 10.1 Å². The van der Waals surface area contributed by atoms with Crippen LogP contribution in [0.2, 0.25) is 0 Å². The van der Waals surface area contributed by atoms with E-state index < -0.39 is 0 Å². The average Bonchev–Trinajstić information content (AvgIpc) is 2.59. The van der Waals surface area contributed by atoms with Crippen molar-refractivity contribution in [1.82, 2.24) is 5.32 Å². The maximum Gasteiger partial charge on any atom is 0.120 e. The summed E-state index contributed by atoms with van der Waals surface area (Å²) >= 11 is 3.73. The monoisotopic (exact) mass is 325 g/mol. The maximum atomic E-state index is 5.68. The third-order valence-electron chi connectivity index (χ3n) is 3.81. The van der Waals surface area contributed by atoms with E-state index in [0.29, 0.717) is 12.6 Å². The first-order chi connectivity index (χ1) is 8.99. The fraction of sp³-hybridized carbons (Fsp3) is 0.625. The Labute approximate surface area is 125 Å². The molecule has 19 heavy (non-hydrogen) atoms. The second kappa shape index (κ2) is 5.84. The minimum absolute atomic E-state index is 0.213. The molecule has 1 N–H and O–H groups in total. The zero-order valence-corrected chi connectivity index (χ0v) is 13.9. The molecule has 3 heteroatoms. The van der Waals surface area contributed by atoms with Gasteiger partial charge in [-0.1, -0.05) is 36.7 Å². The molecule has 1 aliphatic carbocycles. The third kappa shape index (κ3) is 2.97. The zero-order valence-electron chi connectivity index (χ0n) is 12.3. The van der Waals surface area contributed by atoms with Gasteiger partial charge in [0.05, 0.1) is 6.61 Å². The molecule has 0 bridgehead atoms. The van der Waals surface area contributed by atoms with Gasteiger partial charge < -0.3 is 10.1 Å². The standard InChI is InChI=1S/C16H24BrNO/c1-5-7-18-14-10-16(3,4)15-12(14)8-11(19-6-2)9-13(15)17/h8-9,14,18H,5-7,10H2,1-4H3. The van der Waals surface area contributed by atoms with Crippen molar-refractivity contribution in [3.63, 3.8) is 0 Å². The van der Waals surface area contributed by atoms with Crippen LogP contribution in [0.3, 0.4) is 0 Å². The lowest BCUT2D eigenvalue weighted by Crippen LogP contribution is -2.22. The number of ether oxygens (including phenoxy) is 1. The molecule has 0 spiro atoms. The number of rotatable bonds is 5. The van der Waals surface area contributed by atoms with Crippen molar-refractivity contribution in [3.8, 4) is 5.75 Å². The SMILES string of the molecule is CCCNC1CC(C)(C)c2c(Br)cc(OCC)cc21. The van der Waals surface area contributed by atoms with Gasteiger partial charge in [0, 0.05) is 10.5 Å². The van der Waals surface area contributed by atoms with E-state index in [-0.39, 0.29) is 5.41 Å². The van der Waals surface area contributed by atoms with E-state index in [0.717, 1.165) is 18.7 Å². The summed E-state index contributed by atoms with van der Waals surface area (Å²) in [5, 5.41) is 3.66. The molecule has 2 nitrogen and oxygen atoms in total. The van der Waals surface area contributed by atoms with E-state index in [1.165, 1.54) is 22.0 Å². The average molecular weight is 326 g/mol. The molecule has 1 atom stereocenters. The smallest absolute Gasteiger partial charge is 0.120 e. The van der Waals surface area contributed by atoms with Crippen LogP contribution in [0.15, 0.2) is 16.6 Å². The van der Waals surface area contributed by atoms with Crippen LogP contribution in [0.4, 0.5) is 0 Å². The Morgan fingerprint density at radius 2 is 2.11 bits per heavy atom. The molecule has 1 unspecified atom stereocenters. The molecule has 0 aromatic heterocycles. The highest BCUT2D eigenvalue weighted by atomic mass is 79.9. The lowest BCUT2D eigenvalue weighted by Gasteiger charge is -2.21. The van der Waals surface area contributed by atoms with Crippen LogP contribution in [0.5, 0.6) is 5.75 Å². The molecule has 1 aliphatic rings. The maximum absolute atomic E-state index is 5.68. The Kier molecular flexibility index (Phi) is 4.57. The van der Waals surface area contributed by atoms with E-state index in [1.54, 1.807) is 0 Å². The second-order valence-electron chi connectivity index (χ2n) is 5.90. The van der Waals surface area contributed by atoms with Crippen LogP contribution in [0.1, 0.15) is 57.7 Å². The second-order valence-corrected chi connectivity index (χ2v) is 6.75. The summed E-state index contributed by atoms with van der Waals surface area (Å²) in [6.45, 7) is 10.7. The minimum atomic E-state index is 0.213. The lowest BCUT2D eigenvalue weighted by molar-refractivity contribution is 0.339. The number of fused-ring (bicyclic) bond motifs is 1. The molecule has 0 saturated heterocycles. The molecular formula is C16H24BrNO. The van der Waals surface area contributed by atoms with Crippen molar-refractivity contribution in [3.05, 3.63) is 27.7 Å². The van der Waals surface area contributed by atoms with E-state index in [2.05, 4.69) is 54.2 Å². The van der Waals surface area contributed by atoms with Crippen LogP contribution in [0.25, 0.3) is 0 Å². The topological polar surface area (TPSA) is 21.3 Å². The molecule has 0 amide bonds. The molecule has 0 radical (unpaired) electrons. The largest absolute Gasteiger partial charge is 0.494 e. The Morgan fingerprint density at radius 3 is 2.74 bits per heavy atom. The first kappa shape index (κ1) is 14.9. The van der Waals surface area contributed by atoms with Gasteiger partial charge in [0.15, 0.2) is 0 Å². The molecule has 1 aromatic carbocycles. The predicted octanol–water partition coefficient (Wildman–Crippen LogP) is 4.57. The summed E-state index contributed by atoms with van der Waals surface area (Å²) in [5.41, 5.74) is 3.05. The first-order valence-electron chi connectivity index (χ1n) is 7.19. The van der Waals surface area contributed by atoms with E-state index >= 15 is 0 Å². The van der Waals surface area contributed by atoms with Gasteiger partial charge in [-0.05, 0) is 55.0 Å². The number of hydrogen-bond donors (Lipinski definition) is 1. The van der Waals surface area contributed by atoms with Gasteiger partial charge in [0.25, 0.3) is 0 Å². The van der Waals surface area contributed by atoms with Gasteiger partial charge in [-0.25, -0.2) is 0 Å². The van der Waals surface area contributed by atoms with Gasteiger partial charge in [-0.15, -0.1) is 0 Å². The summed E-state index contributed by atoms with van der Waals surface area (Å²) in [6.07, 6.45) is 2.31. The van der Waals surface area contributed by atoms with E-state index in [9.17, 15) is 0 Å². The number of nitrogens with one attached hydrogen (secondary N) is 1. The summed E-state index contributed by atoms with van der Waals surface area (Å²) in [5.74, 6) is 0.967.